The molecule has 1 N–H and O–H groups in total. The number of likely N-dealkylation sites (N-methyl/N-ethyl adjacent to an activating group) is 2. The van der Waals surface area contributed by atoms with Gasteiger partial charge in [0.05, 0.1) is 17.0 Å². The van der Waals surface area contributed by atoms with E-state index in [9.17, 15) is 13.2 Å². The van der Waals surface area contributed by atoms with Gasteiger partial charge in [0.1, 0.15) is 5.52 Å². The van der Waals surface area contributed by atoms with Crippen LogP contribution in [0, 0.1) is 0 Å². The highest BCUT2D eigenvalue weighted by Gasteiger charge is 2.24. The molecule has 9 nitrogen and oxygen atoms in total. The summed E-state index contributed by atoms with van der Waals surface area (Å²) in [7, 11) is 1.39. The summed E-state index contributed by atoms with van der Waals surface area (Å²) in [5, 5.41) is 10.8. The van der Waals surface area contributed by atoms with Crippen LogP contribution < -0.4 is 5.32 Å². The Morgan fingerprint density at radius 3 is 2.58 bits per heavy atom. The number of hydrogen-bond donors (Lipinski definition) is 1. The predicted molar refractivity (Wildman–Crippen MR) is 99.3 cm³/mol. The maximum absolute atomic E-state index is 12.7. The van der Waals surface area contributed by atoms with Gasteiger partial charge in [-0.15, -0.1) is 5.10 Å². The Bertz CT molecular complexity index is 875. The maximum atomic E-state index is 12.7. The first-order valence-corrected chi connectivity index (χ1v) is 9.79. The number of benzene rings is 1. The molecule has 0 fully saturated rings. The van der Waals surface area contributed by atoms with Gasteiger partial charge in [-0.05, 0) is 46.1 Å². The molecule has 0 aliphatic rings. The highest BCUT2D eigenvalue weighted by Crippen LogP contribution is 2.21. The van der Waals surface area contributed by atoms with Gasteiger partial charge in [-0.2, -0.15) is 4.31 Å². The van der Waals surface area contributed by atoms with Crippen molar-refractivity contribution in [2.24, 2.45) is 0 Å². The fourth-order valence-electron chi connectivity index (χ4n) is 2.41. The van der Waals surface area contributed by atoms with Crippen LogP contribution in [-0.4, -0.2) is 79.3 Å². The SMILES string of the molecule is CC(C)n1nnc2cc(S(=O)(=O)N(C)CC(=O)NCCN(C)C)ccc21. The Hall–Kier alpha value is -2.04. The van der Waals surface area contributed by atoms with Gasteiger partial charge in [0.2, 0.25) is 15.9 Å². The fourth-order valence-corrected chi connectivity index (χ4v) is 3.55. The molecule has 0 saturated heterocycles. The zero-order valence-electron chi connectivity index (χ0n) is 15.8. The molecule has 144 valence electrons. The Morgan fingerprint density at radius 2 is 1.96 bits per heavy atom. The third-order valence-electron chi connectivity index (χ3n) is 3.89. The number of sulfonamides is 1. The summed E-state index contributed by atoms with van der Waals surface area (Å²) in [5.74, 6) is -0.343. The average molecular weight is 382 g/mol. The van der Waals surface area contributed by atoms with E-state index in [4.69, 9.17) is 0 Å². The van der Waals surface area contributed by atoms with Crippen molar-refractivity contribution in [3.8, 4) is 0 Å². The van der Waals surface area contributed by atoms with Crippen molar-refractivity contribution in [3.63, 3.8) is 0 Å². The van der Waals surface area contributed by atoms with Gasteiger partial charge in [0.15, 0.2) is 0 Å². The van der Waals surface area contributed by atoms with E-state index in [2.05, 4.69) is 15.6 Å². The molecule has 0 radical (unpaired) electrons. The summed E-state index contributed by atoms with van der Waals surface area (Å²) >= 11 is 0. The van der Waals surface area contributed by atoms with Gasteiger partial charge in [0.25, 0.3) is 0 Å². The Labute approximate surface area is 154 Å². The molecule has 26 heavy (non-hydrogen) atoms. The number of rotatable bonds is 8. The van der Waals surface area contributed by atoms with Crippen molar-refractivity contribution >= 4 is 27.0 Å². The number of nitrogens with zero attached hydrogens (tertiary/aromatic N) is 5. The highest BCUT2D eigenvalue weighted by molar-refractivity contribution is 7.89. The van der Waals surface area contributed by atoms with Crippen molar-refractivity contribution in [2.75, 3.05) is 40.8 Å². The molecule has 1 amide bonds. The van der Waals surface area contributed by atoms with Crippen LogP contribution in [0.3, 0.4) is 0 Å². The zero-order chi connectivity index (χ0) is 19.5. The standard InChI is InChI=1S/C16H26N6O3S/c1-12(2)22-15-7-6-13(10-14(15)18-19-22)26(24,25)21(5)11-16(23)17-8-9-20(3)4/h6-7,10,12H,8-9,11H2,1-5H3,(H,17,23). The van der Waals surface area contributed by atoms with E-state index < -0.39 is 10.0 Å². The summed E-state index contributed by atoms with van der Waals surface area (Å²) in [6.45, 7) is 4.85. The number of nitrogens with one attached hydrogen (secondary N) is 1. The zero-order valence-corrected chi connectivity index (χ0v) is 16.6. The molecule has 0 saturated carbocycles. The van der Waals surface area contributed by atoms with Crippen LogP contribution >= 0.6 is 0 Å². The minimum Gasteiger partial charge on any atom is -0.354 e. The predicted octanol–water partition coefficient (Wildman–Crippen LogP) is 0.311. The minimum atomic E-state index is -3.79. The smallest absolute Gasteiger partial charge is 0.243 e. The number of amides is 1. The van der Waals surface area contributed by atoms with Crippen LogP contribution in [0.25, 0.3) is 11.0 Å². The van der Waals surface area contributed by atoms with Crippen LogP contribution in [0.15, 0.2) is 23.1 Å². The monoisotopic (exact) mass is 382 g/mol. The van der Waals surface area contributed by atoms with Crippen LogP contribution in [0.5, 0.6) is 0 Å². The van der Waals surface area contributed by atoms with E-state index >= 15 is 0 Å². The molecule has 0 bridgehead atoms. The van der Waals surface area contributed by atoms with Crippen molar-refractivity contribution in [1.82, 2.24) is 29.5 Å². The normalized spacial score (nSPS) is 12.5. The average Bonchev–Trinajstić information content (AvgIpc) is 2.97. The second kappa shape index (κ2) is 8.11. The van der Waals surface area contributed by atoms with Crippen LogP contribution in [0.2, 0.25) is 0 Å². The molecule has 1 heterocycles. The number of carbonyl (C=O) groups is 1. The lowest BCUT2D eigenvalue weighted by Gasteiger charge is -2.17. The van der Waals surface area contributed by atoms with E-state index in [1.165, 1.54) is 19.2 Å². The first-order valence-electron chi connectivity index (χ1n) is 8.35. The second-order valence-electron chi connectivity index (χ2n) is 6.69. The van der Waals surface area contributed by atoms with E-state index in [-0.39, 0.29) is 23.4 Å². The van der Waals surface area contributed by atoms with Crippen molar-refractivity contribution in [3.05, 3.63) is 18.2 Å². The lowest BCUT2D eigenvalue weighted by atomic mass is 10.3. The first kappa shape index (κ1) is 20.3. The Balaban J connectivity index is 2.13. The van der Waals surface area contributed by atoms with E-state index in [1.54, 1.807) is 10.7 Å². The molecule has 1 aromatic carbocycles. The molecule has 0 aliphatic heterocycles. The van der Waals surface area contributed by atoms with Gasteiger partial charge in [-0.25, -0.2) is 13.1 Å². The molecule has 1 aromatic heterocycles. The molecule has 0 spiro atoms. The summed E-state index contributed by atoms with van der Waals surface area (Å²) in [4.78, 5) is 14.0. The summed E-state index contributed by atoms with van der Waals surface area (Å²) in [5.41, 5.74) is 1.27. The Morgan fingerprint density at radius 1 is 1.27 bits per heavy atom. The molecule has 2 aromatic rings. The van der Waals surface area contributed by atoms with Crippen molar-refractivity contribution in [1.29, 1.82) is 0 Å². The molecule has 0 unspecified atom stereocenters. The molecule has 10 heteroatoms. The number of carbonyl (C=O) groups excluding carboxylic acids is 1. The molecule has 0 aliphatic carbocycles. The van der Waals surface area contributed by atoms with Crippen LogP contribution in [0.1, 0.15) is 19.9 Å². The van der Waals surface area contributed by atoms with Gasteiger partial charge in [-0.3, -0.25) is 4.79 Å². The maximum Gasteiger partial charge on any atom is 0.243 e. The van der Waals surface area contributed by atoms with Crippen molar-refractivity contribution < 1.29 is 13.2 Å². The lowest BCUT2D eigenvalue weighted by molar-refractivity contribution is -0.121. The third-order valence-corrected chi connectivity index (χ3v) is 5.69. The largest absolute Gasteiger partial charge is 0.354 e. The summed E-state index contributed by atoms with van der Waals surface area (Å²) in [6.07, 6.45) is 0. The third kappa shape index (κ3) is 4.57. The molecule has 2 rings (SSSR count). The minimum absolute atomic E-state index is 0.0874. The number of aromatic nitrogens is 3. The van der Waals surface area contributed by atoms with Crippen molar-refractivity contribution in [2.45, 2.75) is 24.8 Å². The topological polar surface area (TPSA) is 100 Å². The number of hydrogen-bond acceptors (Lipinski definition) is 6. The fraction of sp³-hybridized carbons (Fsp3) is 0.562. The number of fused-ring (bicyclic) bond motifs is 1. The highest BCUT2D eigenvalue weighted by atomic mass is 32.2. The second-order valence-corrected chi connectivity index (χ2v) is 8.74. The van der Waals surface area contributed by atoms with Crippen LogP contribution in [-0.2, 0) is 14.8 Å². The molecule has 0 atom stereocenters. The summed E-state index contributed by atoms with van der Waals surface area (Å²) in [6, 6.07) is 4.81. The van der Waals surface area contributed by atoms with Gasteiger partial charge < -0.3 is 10.2 Å². The summed E-state index contributed by atoms with van der Waals surface area (Å²) < 4.78 is 28.2. The van der Waals surface area contributed by atoms with E-state index in [0.717, 1.165) is 9.82 Å². The van der Waals surface area contributed by atoms with Gasteiger partial charge >= 0.3 is 0 Å². The molecular formula is C16H26N6O3S. The lowest BCUT2D eigenvalue weighted by Crippen LogP contribution is -2.40. The quantitative estimate of drug-likeness (QED) is 0.705. The molecular weight excluding hydrogens is 356 g/mol. The van der Waals surface area contributed by atoms with Gasteiger partial charge in [-0.1, -0.05) is 5.21 Å². The Kier molecular flexibility index (Phi) is 6.32. The van der Waals surface area contributed by atoms with E-state index in [1.807, 2.05) is 32.8 Å². The van der Waals surface area contributed by atoms with Crippen LogP contribution in [0.4, 0.5) is 0 Å². The van der Waals surface area contributed by atoms with E-state index in [0.29, 0.717) is 18.6 Å². The first-order chi connectivity index (χ1) is 12.1. The van der Waals surface area contributed by atoms with Gasteiger partial charge in [0, 0.05) is 26.2 Å².